The van der Waals surface area contributed by atoms with Gasteiger partial charge in [-0.25, -0.2) is 0 Å². The molecule has 0 heteroatoms. The molecule has 0 fully saturated rings. The average Bonchev–Trinajstić information content (AvgIpc) is 2.52. The lowest BCUT2D eigenvalue weighted by molar-refractivity contribution is 0.479. The molecule has 1 unspecified atom stereocenters. The predicted octanol–water partition coefficient (Wildman–Crippen LogP) is 7.15. The van der Waals surface area contributed by atoms with Gasteiger partial charge in [-0.2, -0.15) is 0 Å². The summed E-state index contributed by atoms with van der Waals surface area (Å²) in [7, 11) is 0. The highest BCUT2D eigenvalue weighted by atomic mass is 14.2. The van der Waals surface area contributed by atoms with Crippen molar-refractivity contribution >= 4 is 0 Å². The maximum absolute atomic E-state index is 2.43. The molecule has 2 rings (SSSR count). The van der Waals surface area contributed by atoms with Crippen molar-refractivity contribution in [1.29, 1.82) is 0 Å². The van der Waals surface area contributed by atoms with Gasteiger partial charge in [0.2, 0.25) is 0 Å². The third-order valence-corrected chi connectivity index (χ3v) is 5.29. The van der Waals surface area contributed by atoms with Crippen molar-refractivity contribution in [3.05, 3.63) is 46.6 Å². The third kappa shape index (κ3) is 5.63. The van der Waals surface area contributed by atoms with Gasteiger partial charge in [0.05, 0.1) is 0 Å². The van der Waals surface area contributed by atoms with E-state index in [4.69, 9.17) is 0 Å². The van der Waals surface area contributed by atoms with Crippen LogP contribution < -0.4 is 0 Å². The van der Waals surface area contributed by atoms with Crippen molar-refractivity contribution in [2.75, 3.05) is 0 Å². The van der Waals surface area contributed by atoms with Gasteiger partial charge in [-0.3, -0.25) is 0 Å². The molecule has 122 valence electrons. The zero-order valence-electron chi connectivity index (χ0n) is 15.1. The Morgan fingerprint density at radius 3 is 1.91 bits per heavy atom. The minimum absolute atomic E-state index is 0.773. The zero-order chi connectivity index (χ0) is 15.9. The average molecular weight is 299 g/mol. The predicted molar refractivity (Wildman–Crippen MR) is 98.9 cm³/mol. The largest absolute Gasteiger partial charge is 0.0730 e. The fourth-order valence-corrected chi connectivity index (χ4v) is 3.40. The second-order valence-electron chi connectivity index (χ2n) is 7.78. The highest BCUT2D eigenvalue weighted by Gasteiger charge is 2.13. The van der Waals surface area contributed by atoms with Crippen LogP contribution in [0.5, 0.6) is 0 Å². The van der Waals surface area contributed by atoms with Crippen LogP contribution in [-0.4, -0.2) is 0 Å². The molecule has 0 aromatic heterocycles. The second-order valence-corrected chi connectivity index (χ2v) is 7.78. The van der Waals surface area contributed by atoms with Gasteiger partial charge < -0.3 is 0 Å². The Morgan fingerprint density at radius 2 is 1.41 bits per heavy atom. The molecule has 0 spiro atoms. The van der Waals surface area contributed by atoms with Gasteiger partial charge in [-0.1, -0.05) is 73.8 Å². The molecule has 0 nitrogen and oxygen atoms in total. The molecule has 0 aliphatic heterocycles. The Labute approximate surface area is 138 Å². The molecule has 0 radical (unpaired) electrons. The molecule has 0 amide bonds. The Kier molecular flexibility index (Phi) is 6.73. The van der Waals surface area contributed by atoms with Crippen LogP contribution in [0.4, 0.5) is 0 Å². The minimum atomic E-state index is 0.773. The van der Waals surface area contributed by atoms with E-state index in [9.17, 15) is 0 Å². The quantitative estimate of drug-likeness (QED) is 0.468. The molecule has 1 atom stereocenters. The maximum atomic E-state index is 2.43. The molecule has 0 aromatic rings. The van der Waals surface area contributed by atoms with Crippen LogP contribution in [-0.2, 0) is 0 Å². The van der Waals surface area contributed by atoms with Crippen molar-refractivity contribution in [3.8, 4) is 0 Å². The Hall–Kier alpha value is -1.04. The first-order valence-corrected chi connectivity index (χ1v) is 9.28. The Morgan fingerprint density at radius 1 is 0.773 bits per heavy atom. The standard InChI is InChI=1S/C22H34/c1-17(2)5-8-19(4)22-15-13-21(14-16-22)12-11-20-9-6-18(3)7-10-20/h6,9,13,15,17,19H,5,7-8,10-12,14,16H2,1-4H3. The van der Waals surface area contributed by atoms with Crippen LogP contribution in [0.15, 0.2) is 46.6 Å². The van der Waals surface area contributed by atoms with E-state index in [1.807, 2.05) is 0 Å². The molecule has 22 heavy (non-hydrogen) atoms. The lowest BCUT2D eigenvalue weighted by Gasteiger charge is -2.21. The molecule has 0 N–H and O–H groups in total. The van der Waals surface area contributed by atoms with Crippen molar-refractivity contribution in [2.45, 2.75) is 79.1 Å². The lowest BCUT2D eigenvalue weighted by Crippen LogP contribution is -2.05. The Balaban J connectivity index is 1.80. The van der Waals surface area contributed by atoms with Crippen LogP contribution in [0.1, 0.15) is 79.1 Å². The topological polar surface area (TPSA) is 0 Å². The highest BCUT2D eigenvalue weighted by molar-refractivity contribution is 5.27. The van der Waals surface area contributed by atoms with E-state index >= 15 is 0 Å². The van der Waals surface area contributed by atoms with E-state index in [0.717, 1.165) is 11.8 Å². The van der Waals surface area contributed by atoms with E-state index in [2.05, 4.69) is 52.0 Å². The summed E-state index contributed by atoms with van der Waals surface area (Å²) >= 11 is 0. The maximum Gasteiger partial charge on any atom is -0.0228 e. The van der Waals surface area contributed by atoms with Crippen LogP contribution in [0, 0.1) is 11.8 Å². The van der Waals surface area contributed by atoms with Crippen molar-refractivity contribution in [1.82, 2.24) is 0 Å². The molecule has 0 saturated heterocycles. The van der Waals surface area contributed by atoms with Crippen molar-refractivity contribution in [3.63, 3.8) is 0 Å². The first-order valence-electron chi connectivity index (χ1n) is 9.28. The van der Waals surface area contributed by atoms with Crippen LogP contribution in [0.25, 0.3) is 0 Å². The number of rotatable bonds is 7. The molecule has 2 aliphatic rings. The molecule has 2 aliphatic carbocycles. The van der Waals surface area contributed by atoms with Crippen LogP contribution >= 0.6 is 0 Å². The minimum Gasteiger partial charge on any atom is -0.0730 e. The smallest absolute Gasteiger partial charge is 0.0228 e. The summed E-state index contributed by atoms with van der Waals surface area (Å²) in [5.74, 6) is 1.61. The van der Waals surface area contributed by atoms with E-state index in [1.165, 1.54) is 56.9 Å². The van der Waals surface area contributed by atoms with E-state index < -0.39 is 0 Å². The van der Waals surface area contributed by atoms with Gasteiger partial charge in [-0.15, -0.1) is 0 Å². The SMILES string of the molecule is CC1=CC=C(CCC2=CC=C(C(C)CCC(C)C)CC2)CC1. The molecule has 0 saturated carbocycles. The van der Waals surface area contributed by atoms with Crippen LogP contribution in [0.2, 0.25) is 0 Å². The summed E-state index contributed by atoms with van der Waals surface area (Å²) in [5.41, 5.74) is 6.52. The summed E-state index contributed by atoms with van der Waals surface area (Å²) in [6.45, 7) is 9.31. The zero-order valence-corrected chi connectivity index (χ0v) is 15.1. The normalized spacial score (nSPS) is 20.2. The van der Waals surface area contributed by atoms with Crippen LogP contribution in [0.3, 0.4) is 0 Å². The molecular weight excluding hydrogens is 264 g/mol. The summed E-state index contributed by atoms with van der Waals surface area (Å²) in [6, 6.07) is 0. The summed E-state index contributed by atoms with van der Waals surface area (Å²) in [5, 5.41) is 0. The number of hydrogen-bond donors (Lipinski definition) is 0. The monoisotopic (exact) mass is 298 g/mol. The fraction of sp³-hybridized carbons (Fsp3) is 0.636. The summed E-state index contributed by atoms with van der Waals surface area (Å²) in [4.78, 5) is 0. The number of allylic oxidation sites excluding steroid dienone is 8. The van der Waals surface area contributed by atoms with Gasteiger partial charge in [0.15, 0.2) is 0 Å². The first-order chi connectivity index (χ1) is 10.5. The third-order valence-electron chi connectivity index (χ3n) is 5.29. The van der Waals surface area contributed by atoms with Gasteiger partial charge in [-0.05, 0) is 63.7 Å². The first kappa shape index (κ1) is 17.3. The van der Waals surface area contributed by atoms with Crippen molar-refractivity contribution in [2.24, 2.45) is 11.8 Å². The number of hydrogen-bond acceptors (Lipinski definition) is 0. The molecule has 0 heterocycles. The fourth-order valence-electron chi connectivity index (χ4n) is 3.40. The molecule has 0 bridgehead atoms. The van der Waals surface area contributed by atoms with Gasteiger partial charge in [0, 0.05) is 0 Å². The lowest BCUT2D eigenvalue weighted by atomic mass is 9.85. The van der Waals surface area contributed by atoms with E-state index in [1.54, 1.807) is 16.7 Å². The summed E-state index contributed by atoms with van der Waals surface area (Å²) in [6.07, 6.45) is 19.9. The summed E-state index contributed by atoms with van der Waals surface area (Å²) < 4.78 is 0. The van der Waals surface area contributed by atoms with Gasteiger partial charge in [0.1, 0.15) is 0 Å². The van der Waals surface area contributed by atoms with Gasteiger partial charge in [0.25, 0.3) is 0 Å². The van der Waals surface area contributed by atoms with Gasteiger partial charge >= 0.3 is 0 Å². The van der Waals surface area contributed by atoms with E-state index in [0.29, 0.717) is 0 Å². The highest BCUT2D eigenvalue weighted by Crippen LogP contribution is 2.31. The van der Waals surface area contributed by atoms with Crippen molar-refractivity contribution < 1.29 is 0 Å². The van der Waals surface area contributed by atoms with E-state index in [-0.39, 0.29) is 0 Å². The molecule has 0 aromatic carbocycles. The molecular formula is C22H34. The Bertz CT molecular complexity index is 482. The second kappa shape index (κ2) is 8.56.